The van der Waals surface area contributed by atoms with E-state index in [9.17, 15) is 17.9 Å². The molecule has 0 aromatic heterocycles. The Morgan fingerprint density at radius 2 is 2.17 bits per heavy atom. The molecule has 0 bridgehead atoms. The fraction of sp³-hybridized carbons (Fsp3) is 0.647. The van der Waals surface area contributed by atoms with Crippen molar-refractivity contribution < 1.29 is 22.7 Å². The molecule has 5 nitrogen and oxygen atoms in total. The van der Waals surface area contributed by atoms with Crippen LogP contribution in [0.5, 0.6) is 0 Å². The summed E-state index contributed by atoms with van der Waals surface area (Å²) in [5.41, 5.74) is -0.0375. The predicted octanol–water partition coefficient (Wildman–Crippen LogP) is 2.32. The lowest BCUT2D eigenvalue weighted by atomic mass is 9.78. The maximum Gasteiger partial charge on any atom is 0.243 e. The second kappa shape index (κ2) is 7.91. The van der Waals surface area contributed by atoms with Gasteiger partial charge >= 0.3 is 0 Å². The van der Waals surface area contributed by atoms with E-state index in [1.54, 1.807) is 14.0 Å². The molecule has 1 saturated heterocycles. The number of aryl methyl sites for hydroxylation is 1. The molecular weight excluding hydrogens is 333 g/mol. The highest BCUT2D eigenvalue weighted by atomic mass is 32.2. The Kier molecular flexibility index (Phi) is 6.36. The van der Waals surface area contributed by atoms with Gasteiger partial charge in [0.1, 0.15) is 5.82 Å². The van der Waals surface area contributed by atoms with Crippen LogP contribution in [0.1, 0.15) is 31.2 Å². The monoisotopic (exact) mass is 359 g/mol. The van der Waals surface area contributed by atoms with Gasteiger partial charge in [-0.05, 0) is 50.3 Å². The molecule has 2 rings (SSSR count). The summed E-state index contributed by atoms with van der Waals surface area (Å²) in [5, 5.41) is 9.85. The highest BCUT2D eigenvalue weighted by molar-refractivity contribution is 7.89. The molecule has 1 aromatic carbocycles. The minimum Gasteiger partial charge on any atom is -0.396 e. The number of aliphatic hydroxyl groups is 1. The van der Waals surface area contributed by atoms with Crippen molar-refractivity contribution in [3.8, 4) is 0 Å². The summed E-state index contributed by atoms with van der Waals surface area (Å²) in [6, 6.07) is 3.99. The van der Waals surface area contributed by atoms with Crippen LogP contribution in [0.25, 0.3) is 0 Å². The van der Waals surface area contributed by atoms with E-state index in [-0.39, 0.29) is 18.0 Å². The molecule has 24 heavy (non-hydrogen) atoms. The largest absolute Gasteiger partial charge is 0.396 e. The molecule has 1 atom stereocenters. The first-order valence-corrected chi connectivity index (χ1v) is 9.65. The first-order valence-electron chi connectivity index (χ1n) is 8.21. The predicted molar refractivity (Wildman–Crippen MR) is 89.8 cm³/mol. The first-order chi connectivity index (χ1) is 11.3. The Hall–Kier alpha value is -1.02. The number of nitrogens with zero attached hydrogens (tertiary/aromatic N) is 1. The molecule has 0 unspecified atom stereocenters. The molecule has 1 N–H and O–H groups in total. The Bertz CT molecular complexity index is 665. The van der Waals surface area contributed by atoms with E-state index < -0.39 is 21.3 Å². The average molecular weight is 359 g/mol. The highest BCUT2D eigenvalue weighted by Crippen LogP contribution is 2.36. The van der Waals surface area contributed by atoms with Gasteiger partial charge in [-0.3, -0.25) is 0 Å². The summed E-state index contributed by atoms with van der Waals surface area (Å²) in [4.78, 5) is -0.0313. The molecule has 0 aliphatic carbocycles. The standard InChI is InChI=1S/C17H26FNO4S/c1-14-5-6-15(11-16(14)18)24(21,22)19-9-3-7-17(12-19,13-20)8-4-10-23-2/h5-6,11,20H,3-4,7-10,12-13H2,1-2H3/t17-/m0/s1. The number of aliphatic hydroxyl groups excluding tert-OH is 1. The van der Waals surface area contributed by atoms with Gasteiger partial charge in [-0.25, -0.2) is 12.8 Å². The van der Waals surface area contributed by atoms with E-state index in [2.05, 4.69) is 0 Å². The van der Waals surface area contributed by atoms with E-state index in [0.717, 1.165) is 18.9 Å². The Morgan fingerprint density at radius 1 is 1.42 bits per heavy atom. The zero-order valence-electron chi connectivity index (χ0n) is 14.3. The summed E-state index contributed by atoms with van der Waals surface area (Å²) in [5.74, 6) is -0.526. The number of methoxy groups -OCH3 is 1. The van der Waals surface area contributed by atoms with Crippen LogP contribution in [0.4, 0.5) is 4.39 Å². The van der Waals surface area contributed by atoms with E-state index >= 15 is 0 Å². The number of piperidine rings is 1. The molecule has 0 radical (unpaired) electrons. The summed E-state index contributed by atoms with van der Waals surface area (Å²) in [6.45, 7) is 2.76. The van der Waals surface area contributed by atoms with Crippen LogP contribution in [0.15, 0.2) is 23.1 Å². The van der Waals surface area contributed by atoms with Crippen molar-refractivity contribution in [1.82, 2.24) is 4.31 Å². The van der Waals surface area contributed by atoms with Crippen molar-refractivity contribution in [2.45, 2.75) is 37.5 Å². The van der Waals surface area contributed by atoms with Crippen molar-refractivity contribution in [2.75, 3.05) is 33.4 Å². The molecule has 1 fully saturated rings. The number of hydrogen-bond acceptors (Lipinski definition) is 4. The van der Waals surface area contributed by atoms with Crippen LogP contribution in [-0.4, -0.2) is 51.2 Å². The number of ether oxygens (including phenoxy) is 1. The summed E-state index contributed by atoms with van der Waals surface area (Å²) in [6.07, 6.45) is 2.93. The fourth-order valence-corrected chi connectivity index (χ4v) is 4.86. The molecule has 1 aliphatic rings. The summed E-state index contributed by atoms with van der Waals surface area (Å²) >= 11 is 0. The van der Waals surface area contributed by atoms with Gasteiger partial charge in [-0.1, -0.05) is 6.07 Å². The van der Waals surface area contributed by atoms with Crippen LogP contribution >= 0.6 is 0 Å². The third kappa shape index (κ3) is 4.14. The van der Waals surface area contributed by atoms with Crippen LogP contribution in [0, 0.1) is 18.2 Å². The fourth-order valence-electron chi connectivity index (χ4n) is 3.25. The smallest absolute Gasteiger partial charge is 0.243 e. The Morgan fingerprint density at radius 3 is 2.79 bits per heavy atom. The van der Waals surface area contributed by atoms with Crippen LogP contribution in [0.3, 0.4) is 0 Å². The summed E-state index contributed by atoms with van der Waals surface area (Å²) in [7, 11) is -2.14. The number of benzene rings is 1. The van der Waals surface area contributed by atoms with Gasteiger partial charge < -0.3 is 9.84 Å². The van der Waals surface area contributed by atoms with Gasteiger partial charge in [0.05, 0.1) is 4.90 Å². The molecule has 1 heterocycles. The summed E-state index contributed by atoms with van der Waals surface area (Å²) < 4.78 is 45.9. The maximum absolute atomic E-state index is 13.8. The van der Waals surface area contributed by atoms with E-state index in [0.29, 0.717) is 31.6 Å². The second-order valence-corrected chi connectivity index (χ2v) is 8.55. The van der Waals surface area contributed by atoms with Gasteiger partial charge in [0.25, 0.3) is 0 Å². The maximum atomic E-state index is 13.8. The van der Waals surface area contributed by atoms with Crippen LogP contribution in [-0.2, 0) is 14.8 Å². The molecule has 1 aromatic rings. The number of sulfonamides is 1. The number of halogens is 1. The lowest BCUT2D eigenvalue weighted by Gasteiger charge is -2.41. The van der Waals surface area contributed by atoms with Crippen molar-refractivity contribution in [3.63, 3.8) is 0 Å². The highest BCUT2D eigenvalue weighted by Gasteiger charge is 2.39. The van der Waals surface area contributed by atoms with Crippen molar-refractivity contribution >= 4 is 10.0 Å². The van der Waals surface area contributed by atoms with Gasteiger partial charge in [-0.15, -0.1) is 0 Å². The minimum absolute atomic E-state index is 0.0313. The zero-order chi connectivity index (χ0) is 17.8. The van der Waals surface area contributed by atoms with Crippen molar-refractivity contribution in [1.29, 1.82) is 0 Å². The lowest BCUT2D eigenvalue weighted by molar-refractivity contribution is 0.0472. The number of rotatable bonds is 7. The molecule has 136 valence electrons. The molecule has 7 heteroatoms. The van der Waals surface area contributed by atoms with E-state index in [4.69, 9.17) is 4.74 Å². The van der Waals surface area contributed by atoms with Gasteiger partial charge in [0.2, 0.25) is 10.0 Å². The minimum atomic E-state index is -3.76. The second-order valence-electron chi connectivity index (χ2n) is 6.61. The molecule has 0 saturated carbocycles. The van der Waals surface area contributed by atoms with E-state index in [1.165, 1.54) is 16.4 Å². The first kappa shape index (κ1) is 19.3. The number of hydrogen-bond donors (Lipinski definition) is 1. The third-order valence-corrected chi connectivity index (χ3v) is 6.64. The Balaban J connectivity index is 2.21. The zero-order valence-corrected chi connectivity index (χ0v) is 15.1. The van der Waals surface area contributed by atoms with Gasteiger partial charge in [0.15, 0.2) is 0 Å². The topological polar surface area (TPSA) is 66.8 Å². The molecule has 0 amide bonds. The van der Waals surface area contributed by atoms with Gasteiger partial charge in [-0.2, -0.15) is 4.31 Å². The molecular formula is C17H26FNO4S. The SMILES string of the molecule is COCCC[C@@]1(CO)CCCN(S(=O)(=O)c2ccc(C)c(F)c2)C1. The van der Waals surface area contributed by atoms with Crippen molar-refractivity contribution in [3.05, 3.63) is 29.6 Å². The quantitative estimate of drug-likeness (QED) is 0.759. The Labute approximate surface area is 143 Å². The van der Waals surface area contributed by atoms with Crippen LogP contribution < -0.4 is 0 Å². The van der Waals surface area contributed by atoms with E-state index in [1.807, 2.05) is 0 Å². The van der Waals surface area contributed by atoms with Crippen LogP contribution in [0.2, 0.25) is 0 Å². The molecule has 1 aliphatic heterocycles. The molecule has 0 spiro atoms. The normalized spacial score (nSPS) is 22.7. The van der Waals surface area contributed by atoms with Gasteiger partial charge in [0, 0.05) is 38.8 Å². The lowest BCUT2D eigenvalue weighted by Crippen LogP contribution is -2.47. The average Bonchev–Trinajstić information content (AvgIpc) is 2.57. The van der Waals surface area contributed by atoms with Crippen molar-refractivity contribution in [2.24, 2.45) is 5.41 Å². The third-order valence-electron chi connectivity index (χ3n) is 4.80.